The number of hydrogen-bond donors (Lipinski definition) is 0. The molecule has 3 rings (SSSR count). The van der Waals surface area contributed by atoms with Gasteiger partial charge in [-0.15, -0.1) is 11.3 Å². The van der Waals surface area contributed by atoms with E-state index in [0.29, 0.717) is 15.7 Å². The second-order valence-electron chi connectivity index (χ2n) is 4.60. The maximum Gasteiger partial charge on any atom is 0.417 e. The van der Waals surface area contributed by atoms with Gasteiger partial charge >= 0.3 is 6.18 Å². The van der Waals surface area contributed by atoms with Gasteiger partial charge in [-0.05, 0) is 18.2 Å². The van der Waals surface area contributed by atoms with Crippen molar-refractivity contribution >= 4 is 34.5 Å². The molecule has 0 spiro atoms. The third kappa shape index (κ3) is 3.49. The molecule has 3 aromatic rings. The van der Waals surface area contributed by atoms with E-state index in [9.17, 15) is 13.2 Å². The molecule has 0 fully saturated rings. The van der Waals surface area contributed by atoms with Crippen molar-refractivity contribution in [2.75, 3.05) is 0 Å². The van der Waals surface area contributed by atoms with E-state index in [1.165, 1.54) is 11.3 Å². The van der Waals surface area contributed by atoms with Crippen molar-refractivity contribution in [3.05, 3.63) is 57.5 Å². The molecule has 0 bridgehead atoms. The van der Waals surface area contributed by atoms with E-state index < -0.39 is 11.7 Å². The lowest BCUT2D eigenvalue weighted by atomic mass is 10.2. The lowest BCUT2D eigenvalue weighted by molar-refractivity contribution is -0.137. The molecule has 23 heavy (non-hydrogen) atoms. The van der Waals surface area contributed by atoms with Crippen LogP contribution in [0.25, 0.3) is 22.0 Å². The lowest BCUT2D eigenvalue weighted by Gasteiger charge is -2.07. The highest BCUT2D eigenvalue weighted by Gasteiger charge is 2.31. The fourth-order valence-electron chi connectivity index (χ4n) is 1.92. The fraction of sp³-hybridized carbons (Fsp3) is 0.0667. The number of pyridine rings is 1. The van der Waals surface area contributed by atoms with Crippen LogP contribution in [-0.4, -0.2) is 9.97 Å². The van der Waals surface area contributed by atoms with E-state index >= 15 is 0 Å². The first kappa shape index (κ1) is 16.2. The summed E-state index contributed by atoms with van der Waals surface area (Å²) in [5.74, 6) is 0. The van der Waals surface area contributed by atoms with Crippen LogP contribution in [0.1, 0.15) is 5.56 Å². The molecule has 0 aliphatic carbocycles. The van der Waals surface area contributed by atoms with E-state index in [1.54, 1.807) is 23.6 Å². The van der Waals surface area contributed by atoms with Crippen molar-refractivity contribution in [2.45, 2.75) is 6.18 Å². The smallest absolute Gasteiger partial charge is 0.252 e. The zero-order valence-electron chi connectivity index (χ0n) is 11.2. The van der Waals surface area contributed by atoms with Gasteiger partial charge in [-0.1, -0.05) is 35.3 Å². The lowest BCUT2D eigenvalue weighted by Crippen LogP contribution is -2.05. The molecule has 118 valence electrons. The molecule has 2 heterocycles. The number of aromatic nitrogens is 2. The van der Waals surface area contributed by atoms with Gasteiger partial charge in [-0.25, -0.2) is 4.98 Å². The van der Waals surface area contributed by atoms with Gasteiger partial charge in [0.05, 0.1) is 10.6 Å². The monoisotopic (exact) mass is 374 g/mol. The Morgan fingerprint density at radius 2 is 1.87 bits per heavy atom. The topological polar surface area (TPSA) is 25.8 Å². The van der Waals surface area contributed by atoms with E-state index in [1.807, 2.05) is 6.07 Å². The zero-order chi connectivity index (χ0) is 16.6. The quantitative estimate of drug-likeness (QED) is 0.533. The van der Waals surface area contributed by atoms with Crippen LogP contribution in [0.15, 0.2) is 41.9 Å². The molecule has 0 aliphatic heterocycles. The Morgan fingerprint density at radius 3 is 2.52 bits per heavy atom. The number of alkyl halides is 3. The van der Waals surface area contributed by atoms with Crippen molar-refractivity contribution in [3.63, 3.8) is 0 Å². The van der Waals surface area contributed by atoms with Crippen LogP contribution in [0.4, 0.5) is 13.2 Å². The van der Waals surface area contributed by atoms with Crippen molar-refractivity contribution < 1.29 is 13.2 Å². The normalized spacial score (nSPS) is 11.7. The Balaban J connectivity index is 1.98. The Kier molecular flexibility index (Phi) is 4.31. The molecule has 0 saturated carbocycles. The molecule has 0 unspecified atom stereocenters. The van der Waals surface area contributed by atoms with Gasteiger partial charge in [-0.3, -0.25) is 4.98 Å². The number of hydrogen-bond acceptors (Lipinski definition) is 3. The van der Waals surface area contributed by atoms with Gasteiger partial charge in [0.1, 0.15) is 16.4 Å². The van der Waals surface area contributed by atoms with E-state index in [2.05, 4.69) is 9.97 Å². The summed E-state index contributed by atoms with van der Waals surface area (Å²) < 4.78 is 37.9. The fourth-order valence-corrected chi connectivity index (χ4v) is 3.17. The molecule has 2 nitrogen and oxygen atoms in total. The minimum absolute atomic E-state index is 0.0947. The average molecular weight is 375 g/mol. The number of halogens is 5. The molecule has 8 heteroatoms. The Morgan fingerprint density at radius 1 is 1.09 bits per heavy atom. The van der Waals surface area contributed by atoms with Crippen molar-refractivity contribution in [3.8, 4) is 22.0 Å². The van der Waals surface area contributed by atoms with E-state index in [0.717, 1.165) is 17.8 Å². The first-order chi connectivity index (χ1) is 10.8. The molecule has 0 atom stereocenters. The summed E-state index contributed by atoms with van der Waals surface area (Å²) in [5, 5.41) is 2.85. The second kappa shape index (κ2) is 6.11. The van der Waals surface area contributed by atoms with Crippen LogP contribution >= 0.6 is 34.5 Å². The molecular formula is C15H7Cl2F3N2S. The second-order valence-corrected chi connectivity index (χ2v) is 6.30. The number of nitrogens with zero attached hydrogens (tertiary/aromatic N) is 2. The van der Waals surface area contributed by atoms with E-state index in [-0.39, 0.29) is 10.7 Å². The summed E-state index contributed by atoms with van der Waals surface area (Å²) in [4.78, 5) is 8.18. The molecule has 0 amide bonds. The van der Waals surface area contributed by atoms with Gasteiger partial charge in [0.2, 0.25) is 0 Å². The van der Waals surface area contributed by atoms with Crippen LogP contribution in [0, 0.1) is 0 Å². The van der Waals surface area contributed by atoms with Crippen LogP contribution in [0.2, 0.25) is 10.0 Å². The summed E-state index contributed by atoms with van der Waals surface area (Å²) in [6, 6.07) is 7.99. The highest BCUT2D eigenvalue weighted by atomic mass is 35.5. The van der Waals surface area contributed by atoms with Gasteiger partial charge in [0, 0.05) is 22.2 Å². The summed E-state index contributed by atoms with van der Waals surface area (Å²) in [6.07, 6.45) is -3.73. The highest BCUT2D eigenvalue weighted by Crippen LogP contribution is 2.35. The maximum absolute atomic E-state index is 12.6. The van der Waals surface area contributed by atoms with E-state index in [4.69, 9.17) is 23.2 Å². The SMILES string of the molecule is FC(F)(F)c1cnc(-c2csc(-c3cccc(Cl)c3)n2)c(Cl)c1. The molecule has 0 aliphatic rings. The Bertz CT molecular complexity index is 862. The van der Waals surface area contributed by atoms with Gasteiger partial charge < -0.3 is 0 Å². The predicted octanol–water partition coefficient (Wildman–Crippen LogP) is 6.20. The first-order valence-electron chi connectivity index (χ1n) is 6.29. The zero-order valence-corrected chi connectivity index (χ0v) is 13.6. The third-order valence-electron chi connectivity index (χ3n) is 2.99. The molecule has 0 radical (unpaired) electrons. The third-order valence-corrected chi connectivity index (χ3v) is 4.40. The van der Waals surface area contributed by atoms with Crippen LogP contribution in [0.3, 0.4) is 0 Å². The minimum Gasteiger partial charge on any atom is -0.252 e. The number of benzene rings is 1. The largest absolute Gasteiger partial charge is 0.417 e. The van der Waals surface area contributed by atoms with Crippen LogP contribution in [0.5, 0.6) is 0 Å². The molecule has 1 aromatic carbocycles. The average Bonchev–Trinajstić information content (AvgIpc) is 2.96. The van der Waals surface area contributed by atoms with Crippen molar-refractivity contribution in [2.24, 2.45) is 0 Å². The predicted molar refractivity (Wildman–Crippen MR) is 85.8 cm³/mol. The van der Waals surface area contributed by atoms with Crippen LogP contribution in [-0.2, 0) is 6.18 Å². The minimum atomic E-state index is -4.48. The summed E-state index contributed by atoms with van der Waals surface area (Å²) in [5.41, 5.74) is 0.557. The Labute approximate surface area is 143 Å². The van der Waals surface area contributed by atoms with Gasteiger partial charge in [-0.2, -0.15) is 13.2 Å². The van der Waals surface area contributed by atoms with Crippen molar-refractivity contribution in [1.82, 2.24) is 9.97 Å². The number of rotatable bonds is 2. The highest BCUT2D eigenvalue weighted by molar-refractivity contribution is 7.13. The van der Waals surface area contributed by atoms with Gasteiger partial charge in [0.15, 0.2) is 0 Å². The Hall–Kier alpha value is -1.63. The standard InChI is InChI=1S/C15H7Cl2F3N2S/c16-10-3-1-2-8(4-10)14-22-12(7-23-14)13-11(17)5-9(6-21-13)15(18,19)20/h1-7H. The van der Waals surface area contributed by atoms with Crippen LogP contribution < -0.4 is 0 Å². The number of thiazole rings is 1. The summed E-state index contributed by atoms with van der Waals surface area (Å²) >= 11 is 13.2. The molecule has 0 saturated heterocycles. The first-order valence-corrected chi connectivity index (χ1v) is 7.93. The summed E-state index contributed by atoms with van der Waals surface area (Å²) in [7, 11) is 0. The molecule has 2 aromatic heterocycles. The molecular weight excluding hydrogens is 368 g/mol. The maximum atomic E-state index is 12.6. The van der Waals surface area contributed by atoms with Crippen molar-refractivity contribution in [1.29, 1.82) is 0 Å². The van der Waals surface area contributed by atoms with Gasteiger partial charge in [0.25, 0.3) is 0 Å². The summed E-state index contributed by atoms with van der Waals surface area (Å²) in [6.45, 7) is 0. The molecule has 0 N–H and O–H groups in total.